The number of nitrogens with one attached hydrogen (secondary N) is 1. The summed E-state index contributed by atoms with van der Waals surface area (Å²) in [6.07, 6.45) is 1.71. The van der Waals surface area contributed by atoms with Gasteiger partial charge in [0.1, 0.15) is 6.54 Å². The summed E-state index contributed by atoms with van der Waals surface area (Å²) in [5.41, 5.74) is 1.83. The van der Waals surface area contributed by atoms with E-state index in [-0.39, 0.29) is 10.6 Å². The minimum atomic E-state index is -4.05. The molecule has 0 saturated heterocycles. The molecule has 0 heterocycles. The van der Waals surface area contributed by atoms with Crippen LogP contribution in [0.3, 0.4) is 0 Å². The molecule has 0 unspecified atom stereocenters. The number of ether oxygens (including phenoxy) is 1. The summed E-state index contributed by atoms with van der Waals surface area (Å²) in [4.78, 5) is 25.0. The van der Waals surface area contributed by atoms with Crippen LogP contribution in [0.15, 0.2) is 77.7 Å². The van der Waals surface area contributed by atoms with Crippen LogP contribution < -0.4 is 9.62 Å². The van der Waals surface area contributed by atoms with E-state index < -0.39 is 28.4 Å². The molecule has 0 spiro atoms. The lowest BCUT2D eigenvalue weighted by molar-refractivity contribution is -0.114. The van der Waals surface area contributed by atoms with Gasteiger partial charge in [-0.15, -0.1) is 0 Å². The monoisotopic (exact) mass is 514 g/mol. The van der Waals surface area contributed by atoms with Crippen molar-refractivity contribution in [3.05, 3.63) is 88.9 Å². The molecule has 184 valence electrons. The second kappa shape index (κ2) is 11.9. The van der Waals surface area contributed by atoms with Crippen molar-refractivity contribution in [1.82, 2.24) is 0 Å². The fourth-order valence-corrected chi connectivity index (χ4v) is 4.79. The average Bonchev–Trinajstić information content (AvgIpc) is 2.85. The van der Waals surface area contributed by atoms with Crippen LogP contribution in [0.1, 0.15) is 35.7 Å². The van der Waals surface area contributed by atoms with Gasteiger partial charge in [-0.25, -0.2) is 13.2 Å². The molecule has 0 aliphatic heterocycles. The molecule has 0 bridgehead atoms. The van der Waals surface area contributed by atoms with E-state index in [4.69, 9.17) is 16.3 Å². The molecule has 0 aromatic heterocycles. The number of nitrogens with zero attached hydrogens (tertiary/aromatic N) is 1. The lowest BCUT2D eigenvalue weighted by atomic mass is 10.2. The number of carbonyl (C=O) groups excluding carboxylic acids is 2. The maximum Gasteiger partial charge on any atom is 0.338 e. The fraction of sp³-hybridized carbons (Fsp3) is 0.231. The lowest BCUT2D eigenvalue weighted by Gasteiger charge is -2.24. The summed E-state index contributed by atoms with van der Waals surface area (Å²) in [7, 11) is -4.05. The van der Waals surface area contributed by atoms with Crippen molar-refractivity contribution in [3.63, 3.8) is 0 Å². The molecule has 7 nitrogen and oxygen atoms in total. The number of hydrogen-bond donors (Lipinski definition) is 1. The lowest BCUT2D eigenvalue weighted by Crippen LogP contribution is -2.38. The number of sulfonamides is 1. The highest BCUT2D eigenvalue weighted by Gasteiger charge is 2.27. The molecular formula is C26H27ClN2O5S. The van der Waals surface area contributed by atoms with E-state index >= 15 is 0 Å². The van der Waals surface area contributed by atoms with Crippen molar-refractivity contribution in [2.24, 2.45) is 0 Å². The van der Waals surface area contributed by atoms with Gasteiger partial charge in [-0.1, -0.05) is 49.2 Å². The van der Waals surface area contributed by atoms with E-state index in [1.807, 2.05) is 6.92 Å². The number of rotatable bonds is 10. The maximum absolute atomic E-state index is 13.4. The van der Waals surface area contributed by atoms with Crippen molar-refractivity contribution >= 4 is 44.9 Å². The standard InChI is InChI=1S/C26H27ClN2O5S/c1-3-4-16-34-26(31)20-11-13-21(14-12-20)28-25(30)18-29(22-15-10-19(2)24(27)17-22)35(32,33)23-8-6-5-7-9-23/h5-15,17H,3-4,16,18H2,1-2H3,(H,28,30). The number of esters is 1. The van der Waals surface area contributed by atoms with Gasteiger partial charge in [0.05, 0.1) is 22.8 Å². The summed E-state index contributed by atoms with van der Waals surface area (Å²) in [6.45, 7) is 3.68. The van der Waals surface area contributed by atoms with Crippen molar-refractivity contribution in [2.75, 3.05) is 22.8 Å². The Morgan fingerprint density at radius 2 is 1.69 bits per heavy atom. The van der Waals surface area contributed by atoms with Gasteiger partial charge < -0.3 is 10.1 Å². The molecule has 0 saturated carbocycles. The van der Waals surface area contributed by atoms with Crippen LogP contribution in [-0.2, 0) is 19.6 Å². The summed E-state index contributed by atoms with van der Waals surface area (Å²) >= 11 is 6.24. The molecule has 3 aromatic carbocycles. The molecule has 0 aliphatic carbocycles. The Kier molecular flexibility index (Phi) is 8.89. The van der Waals surface area contributed by atoms with E-state index in [2.05, 4.69) is 5.32 Å². The molecule has 9 heteroatoms. The molecule has 0 fully saturated rings. The first-order valence-electron chi connectivity index (χ1n) is 11.1. The Bertz CT molecular complexity index is 1280. The molecule has 0 atom stereocenters. The number of amides is 1. The number of halogens is 1. The zero-order chi connectivity index (χ0) is 25.4. The van der Waals surface area contributed by atoms with E-state index in [9.17, 15) is 18.0 Å². The molecule has 1 amide bonds. The number of aryl methyl sites for hydroxylation is 1. The third-order valence-electron chi connectivity index (χ3n) is 5.20. The average molecular weight is 515 g/mol. The molecule has 1 N–H and O–H groups in total. The number of benzene rings is 3. The van der Waals surface area contributed by atoms with Gasteiger partial charge in [-0.05, 0) is 67.4 Å². The first-order chi connectivity index (χ1) is 16.7. The van der Waals surface area contributed by atoms with Gasteiger partial charge in [0.25, 0.3) is 10.0 Å². The van der Waals surface area contributed by atoms with Gasteiger partial charge >= 0.3 is 5.97 Å². The number of hydrogen-bond acceptors (Lipinski definition) is 5. The summed E-state index contributed by atoms with van der Waals surface area (Å²) in [6, 6.07) is 18.9. The maximum atomic E-state index is 13.4. The van der Waals surface area contributed by atoms with Crippen LogP contribution in [-0.4, -0.2) is 33.4 Å². The smallest absolute Gasteiger partial charge is 0.338 e. The molecule has 0 aliphatic rings. The van der Waals surface area contributed by atoms with E-state index in [0.717, 1.165) is 22.7 Å². The van der Waals surface area contributed by atoms with E-state index in [1.54, 1.807) is 61.5 Å². The fourth-order valence-electron chi connectivity index (χ4n) is 3.18. The minimum Gasteiger partial charge on any atom is -0.462 e. The second-order valence-electron chi connectivity index (χ2n) is 7.87. The highest BCUT2D eigenvalue weighted by Crippen LogP contribution is 2.28. The summed E-state index contributed by atoms with van der Waals surface area (Å²) in [5, 5.41) is 3.07. The minimum absolute atomic E-state index is 0.0513. The molecule has 35 heavy (non-hydrogen) atoms. The van der Waals surface area contributed by atoms with Gasteiger partial charge in [-0.2, -0.15) is 0 Å². The highest BCUT2D eigenvalue weighted by molar-refractivity contribution is 7.92. The first kappa shape index (κ1) is 26.2. The molecule has 0 radical (unpaired) electrons. The first-order valence-corrected chi connectivity index (χ1v) is 12.9. The Hall–Kier alpha value is -3.36. The van der Waals surface area contributed by atoms with Crippen LogP contribution in [0.5, 0.6) is 0 Å². The predicted molar refractivity (Wildman–Crippen MR) is 137 cm³/mol. The Balaban J connectivity index is 1.79. The molecule has 3 aromatic rings. The van der Waals surface area contributed by atoms with Crippen LogP contribution in [0, 0.1) is 6.92 Å². The Morgan fingerprint density at radius 1 is 1.00 bits per heavy atom. The summed E-state index contributed by atoms with van der Waals surface area (Å²) in [5.74, 6) is -0.993. The third-order valence-corrected chi connectivity index (χ3v) is 7.39. The number of carbonyl (C=O) groups is 2. The van der Waals surface area contributed by atoms with E-state index in [1.165, 1.54) is 18.2 Å². The van der Waals surface area contributed by atoms with Crippen LogP contribution in [0.2, 0.25) is 5.02 Å². The Morgan fingerprint density at radius 3 is 2.31 bits per heavy atom. The van der Waals surface area contributed by atoms with Gasteiger partial charge in [-0.3, -0.25) is 9.10 Å². The van der Waals surface area contributed by atoms with Crippen molar-refractivity contribution in [2.45, 2.75) is 31.6 Å². The predicted octanol–water partition coefficient (Wildman–Crippen LogP) is 5.44. The normalized spacial score (nSPS) is 11.1. The quantitative estimate of drug-likeness (QED) is 0.287. The molecule has 3 rings (SSSR count). The largest absolute Gasteiger partial charge is 0.462 e. The van der Waals surface area contributed by atoms with E-state index in [0.29, 0.717) is 22.9 Å². The SMILES string of the molecule is CCCCOC(=O)c1ccc(NC(=O)CN(c2ccc(C)c(Cl)c2)S(=O)(=O)c2ccccc2)cc1. The van der Waals surface area contributed by atoms with Crippen LogP contribution >= 0.6 is 11.6 Å². The second-order valence-corrected chi connectivity index (χ2v) is 10.1. The van der Waals surface area contributed by atoms with Crippen LogP contribution in [0.25, 0.3) is 0 Å². The van der Waals surface area contributed by atoms with Gasteiger partial charge in [0.2, 0.25) is 5.91 Å². The van der Waals surface area contributed by atoms with Crippen LogP contribution in [0.4, 0.5) is 11.4 Å². The number of anilines is 2. The Labute approximate surface area is 210 Å². The zero-order valence-electron chi connectivity index (χ0n) is 19.5. The van der Waals surface area contributed by atoms with Crippen molar-refractivity contribution < 1.29 is 22.7 Å². The van der Waals surface area contributed by atoms with Gasteiger partial charge in [0, 0.05) is 10.7 Å². The zero-order valence-corrected chi connectivity index (χ0v) is 21.1. The van der Waals surface area contributed by atoms with Gasteiger partial charge in [0.15, 0.2) is 0 Å². The van der Waals surface area contributed by atoms with Crippen molar-refractivity contribution in [1.29, 1.82) is 0 Å². The third kappa shape index (κ3) is 6.83. The topological polar surface area (TPSA) is 92.8 Å². The van der Waals surface area contributed by atoms with Crippen molar-refractivity contribution in [3.8, 4) is 0 Å². The number of unbranched alkanes of at least 4 members (excludes halogenated alkanes) is 1. The summed E-state index contributed by atoms with van der Waals surface area (Å²) < 4.78 is 33.0. The molecular weight excluding hydrogens is 488 g/mol. The highest BCUT2D eigenvalue weighted by atomic mass is 35.5.